The molecule has 0 aromatic carbocycles. The predicted octanol–water partition coefficient (Wildman–Crippen LogP) is 0.808. The van der Waals surface area contributed by atoms with E-state index in [0.717, 1.165) is 0 Å². The summed E-state index contributed by atoms with van der Waals surface area (Å²) in [5.41, 5.74) is -0.240. The summed E-state index contributed by atoms with van der Waals surface area (Å²) in [6.45, 7) is 5.66. The molecule has 0 aliphatic rings. The number of carbonyl (C=O) groups is 1. The van der Waals surface area contributed by atoms with Crippen molar-refractivity contribution >= 4 is 20.7 Å². The fourth-order valence-corrected chi connectivity index (χ4v) is 0.413. The highest BCUT2D eigenvalue weighted by Gasteiger charge is 2.18. The molecule has 0 atom stereocenters. The molecule has 0 spiro atoms. The summed E-state index contributed by atoms with van der Waals surface area (Å²) in [5.74, 6) is 0.185. The molecule has 0 bridgehead atoms. The maximum absolute atomic E-state index is 11.0. The fourth-order valence-electron chi connectivity index (χ4n) is 0.413. The summed E-state index contributed by atoms with van der Waals surface area (Å²) in [6.07, 6.45) is 0.378. The van der Waals surface area contributed by atoms with Crippen molar-refractivity contribution in [2.45, 2.75) is 27.1 Å². The normalized spacial score (nSPS) is 11.0. The van der Waals surface area contributed by atoms with E-state index in [0.29, 0.717) is 6.32 Å². The molecule has 0 unspecified atom stereocenters. The Kier molecular flexibility index (Phi) is 3.02. The first-order valence-corrected chi connectivity index (χ1v) is 3.05. The van der Waals surface area contributed by atoms with Crippen molar-refractivity contribution < 1.29 is 4.79 Å². The number of ketones is 1. The molecular weight excluding hydrogens is 110 g/mol. The maximum atomic E-state index is 11.0. The first kappa shape index (κ1) is 8.80. The average molecular weight is 121 g/mol. The van der Waals surface area contributed by atoms with E-state index in [1.165, 1.54) is 7.17 Å². The minimum atomic E-state index is -0.240. The Balaban J connectivity index is 3.74. The van der Waals surface area contributed by atoms with E-state index in [1.807, 2.05) is 20.8 Å². The number of rotatable bonds is 2. The van der Waals surface area contributed by atoms with Crippen molar-refractivity contribution in [3.8, 4) is 0 Å². The van der Waals surface area contributed by atoms with Gasteiger partial charge in [-0.25, -0.2) is 0 Å². The molecule has 0 aromatic rings. The first-order chi connectivity index (χ1) is 3.98. The molecule has 0 saturated carbocycles. The molecule has 0 aliphatic heterocycles. The van der Waals surface area contributed by atoms with Gasteiger partial charge in [0.1, 0.15) is 5.78 Å². The van der Waals surface area contributed by atoms with Crippen LogP contribution in [0.3, 0.4) is 0 Å². The molecule has 0 aliphatic carbocycles. The van der Waals surface area contributed by atoms with Crippen LogP contribution < -0.4 is 0 Å². The molecule has 0 saturated heterocycles. The zero-order chi connectivity index (χ0) is 7.49. The van der Waals surface area contributed by atoms with Crippen LogP contribution >= 0.6 is 0 Å². The van der Waals surface area contributed by atoms with Gasteiger partial charge in [-0.15, -0.1) is 0 Å². The highest BCUT2D eigenvalue weighted by Crippen LogP contribution is 2.15. The number of carbonyl (C=O) groups excluding carboxylic acids is 1. The lowest BCUT2D eigenvalue weighted by atomic mass is 9.51. The van der Waals surface area contributed by atoms with Gasteiger partial charge < -0.3 is 0 Å². The van der Waals surface area contributed by atoms with Crippen molar-refractivity contribution in [3.63, 3.8) is 0 Å². The predicted molar refractivity (Wildman–Crippen MR) is 40.8 cm³/mol. The van der Waals surface area contributed by atoms with Crippen LogP contribution in [0.2, 0.25) is 6.32 Å². The molecule has 3 heteroatoms. The maximum Gasteiger partial charge on any atom is 0.129 e. The van der Waals surface area contributed by atoms with Crippen molar-refractivity contribution in [3.05, 3.63) is 0 Å². The monoisotopic (exact) mass is 121 g/mol. The molecule has 0 rings (SSSR count). The minimum absolute atomic E-state index is 0.185. The van der Waals surface area contributed by atoms with Gasteiger partial charge in [-0.05, 0) is 6.32 Å². The van der Waals surface area contributed by atoms with E-state index in [-0.39, 0.29) is 11.2 Å². The van der Waals surface area contributed by atoms with E-state index in [1.54, 1.807) is 0 Å². The van der Waals surface area contributed by atoms with E-state index in [2.05, 4.69) is 0 Å². The fraction of sp³-hybridized carbons (Fsp3) is 0.833. The Hall–Kier alpha value is -0.200. The van der Waals surface area contributed by atoms with Crippen LogP contribution in [0, 0.1) is 5.41 Å². The van der Waals surface area contributed by atoms with Crippen LogP contribution in [-0.2, 0) is 4.79 Å². The second kappa shape index (κ2) is 3.09. The first-order valence-electron chi connectivity index (χ1n) is 3.05. The topological polar surface area (TPSA) is 17.1 Å². The number of hydrogen-bond donors (Lipinski definition) is 0. The highest BCUT2D eigenvalue weighted by atomic mass is 16.1. The Labute approximate surface area is 58.8 Å². The summed E-state index contributed by atoms with van der Waals surface area (Å²) in [7, 11) is 6.48. The Morgan fingerprint density at radius 2 is 2.00 bits per heavy atom. The molecule has 0 fully saturated rings. The second-order valence-corrected chi connectivity index (χ2v) is 3.11. The Morgan fingerprint density at radius 3 is 2.11 bits per heavy atom. The molecule has 0 N–H and O–H groups in total. The van der Waals surface area contributed by atoms with Gasteiger partial charge >= 0.3 is 0 Å². The molecule has 3 radical (unpaired) electrons. The van der Waals surface area contributed by atoms with Crippen molar-refractivity contribution in [1.82, 2.24) is 0 Å². The zero-order valence-corrected chi connectivity index (χ0v) is 6.27. The average Bonchev–Trinajstić information content (AvgIpc) is 1.64. The van der Waals surface area contributed by atoms with Crippen molar-refractivity contribution in [2.75, 3.05) is 0 Å². The SMILES string of the molecule is [B][B]CC(=O)C(C)(C)C. The summed E-state index contributed by atoms with van der Waals surface area (Å²) in [6, 6.07) is 0. The summed E-state index contributed by atoms with van der Waals surface area (Å²) >= 11 is 0. The molecule has 47 valence electrons. The lowest BCUT2D eigenvalue weighted by Crippen LogP contribution is -2.21. The van der Waals surface area contributed by atoms with Gasteiger partial charge in [-0.3, -0.25) is 4.79 Å². The summed E-state index contributed by atoms with van der Waals surface area (Å²) in [5, 5.41) is 0. The lowest BCUT2D eigenvalue weighted by Gasteiger charge is -2.15. The van der Waals surface area contributed by atoms with Crippen LogP contribution in [0.1, 0.15) is 20.8 Å². The van der Waals surface area contributed by atoms with E-state index in [9.17, 15) is 4.79 Å². The minimum Gasteiger partial charge on any atom is -0.300 e. The van der Waals surface area contributed by atoms with Gasteiger partial charge in [0, 0.05) is 13.2 Å². The second-order valence-electron chi connectivity index (χ2n) is 3.11. The van der Waals surface area contributed by atoms with E-state index < -0.39 is 0 Å². The molecule has 0 aromatic heterocycles. The van der Waals surface area contributed by atoms with Crippen LogP contribution in [0.5, 0.6) is 0 Å². The molecule has 9 heavy (non-hydrogen) atoms. The summed E-state index contributed by atoms with van der Waals surface area (Å²) in [4.78, 5) is 11.0. The quantitative estimate of drug-likeness (QED) is 0.493. The summed E-state index contributed by atoms with van der Waals surface area (Å²) < 4.78 is 0. The third kappa shape index (κ3) is 3.39. The van der Waals surface area contributed by atoms with Gasteiger partial charge in [0.15, 0.2) is 0 Å². The Bertz CT molecular complexity index is 104. The standard InChI is InChI=1S/C6H11B2O/c1-6(2,3)5(9)4-8-7/h4H2,1-3H3. The van der Waals surface area contributed by atoms with Crippen LogP contribution in [0.25, 0.3) is 0 Å². The van der Waals surface area contributed by atoms with Crippen LogP contribution in [-0.4, -0.2) is 20.7 Å². The lowest BCUT2D eigenvalue weighted by molar-refractivity contribution is -0.123. The van der Waals surface area contributed by atoms with Crippen LogP contribution in [0.4, 0.5) is 0 Å². The third-order valence-electron chi connectivity index (χ3n) is 1.14. The van der Waals surface area contributed by atoms with Gasteiger partial charge in [-0.2, -0.15) is 0 Å². The van der Waals surface area contributed by atoms with Crippen LogP contribution in [0.15, 0.2) is 0 Å². The van der Waals surface area contributed by atoms with E-state index in [4.69, 9.17) is 7.74 Å². The number of hydrogen-bond acceptors (Lipinski definition) is 1. The van der Waals surface area contributed by atoms with E-state index >= 15 is 0 Å². The largest absolute Gasteiger partial charge is 0.300 e. The zero-order valence-electron chi connectivity index (χ0n) is 6.27. The van der Waals surface area contributed by atoms with Gasteiger partial charge in [0.25, 0.3) is 0 Å². The molecule has 0 heterocycles. The third-order valence-corrected chi connectivity index (χ3v) is 1.14. The van der Waals surface area contributed by atoms with Gasteiger partial charge in [-0.1, -0.05) is 20.8 Å². The smallest absolute Gasteiger partial charge is 0.129 e. The van der Waals surface area contributed by atoms with Crippen molar-refractivity contribution in [1.29, 1.82) is 0 Å². The van der Waals surface area contributed by atoms with Crippen molar-refractivity contribution in [2.24, 2.45) is 5.41 Å². The molecule has 0 amide bonds. The number of Topliss-reactive ketones (excluding diaryl/α,β-unsaturated/α-hetero) is 1. The molecule has 1 nitrogen and oxygen atoms in total. The van der Waals surface area contributed by atoms with Gasteiger partial charge in [0.05, 0.1) is 7.17 Å². The molecular formula is C6H11B2O. The van der Waals surface area contributed by atoms with Gasteiger partial charge in [0.2, 0.25) is 0 Å². The Morgan fingerprint density at radius 1 is 1.56 bits per heavy atom. The highest BCUT2D eigenvalue weighted by molar-refractivity contribution is 6.90.